The smallest absolute Gasteiger partial charge is 0.231 e. The van der Waals surface area contributed by atoms with Gasteiger partial charge in [0.05, 0.1) is 5.41 Å². The van der Waals surface area contributed by atoms with Gasteiger partial charge in [-0.2, -0.15) is 0 Å². The third-order valence-electron chi connectivity index (χ3n) is 3.31. The zero-order chi connectivity index (χ0) is 12.9. The summed E-state index contributed by atoms with van der Waals surface area (Å²) in [6.45, 7) is 4.31. The molecule has 102 valence electrons. The van der Waals surface area contributed by atoms with Crippen LogP contribution in [0.1, 0.15) is 26.7 Å². The van der Waals surface area contributed by atoms with E-state index in [1.807, 2.05) is 19.9 Å². The Balaban J connectivity index is 0.00000289. The van der Waals surface area contributed by atoms with Crippen molar-refractivity contribution in [3.8, 4) is 0 Å². The van der Waals surface area contributed by atoms with Gasteiger partial charge in [-0.15, -0.1) is 12.4 Å². The number of hydrogen-bond acceptors (Lipinski definition) is 2. The fraction of sp³-hybridized carbons (Fsp3) is 0.462. The van der Waals surface area contributed by atoms with E-state index in [0.717, 1.165) is 12.8 Å². The van der Waals surface area contributed by atoms with E-state index in [4.69, 9.17) is 17.3 Å². The summed E-state index contributed by atoms with van der Waals surface area (Å²) < 4.78 is 0. The SMILES string of the molecule is CCC(CC)(CN)C(=O)Nc1cccc(Cl)c1.Cl. The summed E-state index contributed by atoms with van der Waals surface area (Å²) in [5.41, 5.74) is 5.95. The summed E-state index contributed by atoms with van der Waals surface area (Å²) >= 11 is 5.87. The monoisotopic (exact) mass is 290 g/mol. The van der Waals surface area contributed by atoms with Crippen LogP contribution in [-0.2, 0) is 4.79 Å². The predicted molar refractivity (Wildman–Crippen MR) is 79.4 cm³/mol. The molecule has 0 bridgehead atoms. The molecule has 3 N–H and O–H groups in total. The van der Waals surface area contributed by atoms with Gasteiger partial charge in [-0.3, -0.25) is 4.79 Å². The van der Waals surface area contributed by atoms with Crippen molar-refractivity contribution < 1.29 is 4.79 Å². The minimum Gasteiger partial charge on any atom is -0.329 e. The molecule has 0 aromatic heterocycles. The van der Waals surface area contributed by atoms with Crippen LogP contribution < -0.4 is 11.1 Å². The van der Waals surface area contributed by atoms with E-state index in [9.17, 15) is 4.79 Å². The van der Waals surface area contributed by atoms with Gasteiger partial charge in [-0.05, 0) is 31.0 Å². The molecule has 3 nitrogen and oxygen atoms in total. The third-order valence-corrected chi connectivity index (χ3v) is 3.54. The molecule has 0 atom stereocenters. The van der Waals surface area contributed by atoms with E-state index in [0.29, 0.717) is 17.3 Å². The second-order valence-electron chi connectivity index (χ2n) is 4.16. The zero-order valence-electron chi connectivity index (χ0n) is 10.7. The summed E-state index contributed by atoms with van der Waals surface area (Å²) in [5, 5.41) is 3.48. The molecule has 0 spiro atoms. The van der Waals surface area contributed by atoms with Crippen LogP contribution in [0.25, 0.3) is 0 Å². The van der Waals surface area contributed by atoms with Crippen molar-refractivity contribution in [3.05, 3.63) is 29.3 Å². The molecule has 1 aromatic carbocycles. The van der Waals surface area contributed by atoms with Crippen molar-refractivity contribution in [1.82, 2.24) is 0 Å². The van der Waals surface area contributed by atoms with Crippen LogP contribution >= 0.6 is 24.0 Å². The van der Waals surface area contributed by atoms with Crippen molar-refractivity contribution in [2.24, 2.45) is 11.1 Å². The van der Waals surface area contributed by atoms with Crippen LogP contribution in [0.15, 0.2) is 24.3 Å². The van der Waals surface area contributed by atoms with E-state index in [-0.39, 0.29) is 18.3 Å². The molecule has 0 saturated carbocycles. The quantitative estimate of drug-likeness (QED) is 0.872. The highest BCUT2D eigenvalue weighted by molar-refractivity contribution is 6.30. The minimum absolute atomic E-state index is 0. The van der Waals surface area contributed by atoms with Crippen LogP contribution in [0.4, 0.5) is 5.69 Å². The molecule has 18 heavy (non-hydrogen) atoms. The number of rotatable bonds is 5. The number of nitrogens with one attached hydrogen (secondary N) is 1. The topological polar surface area (TPSA) is 55.1 Å². The highest BCUT2D eigenvalue weighted by Crippen LogP contribution is 2.27. The maximum atomic E-state index is 12.2. The maximum absolute atomic E-state index is 12.2. The van der Waals surface area contributed by atoms with Crippen LogP contribution in [0.3, 0.4) is 0 Å². The Labute approximate surface area is 119 Å². The third kappa shape index (κ3) is 3.87. The lowest BCUT2D eigenvalue weighted by Gasteiger charge is -2.28. The van der Waals surface area contributed by atoms with Gasteiger partial charge in [0.25, 0.3) is 0 Å². The van der Waals surface area contributed by atoms with Gasteiger partial charge in [-0.1, -0.05) is 31.5 Å². The first kappa shape index (κ1) is 17.2. The average molecular weight is 291 g/mol. The molecular weight excluding hydrogens is 271 g/mol. The molecule has 0 aliphatic heterocycles. The second-order valence-corrected chi connectivity index (χ2v) is 4.59. The average Bonchev–Trinajstić information content (AvgIpc) is 2.32. The van der Waals surface area contributed by atoms with Gasteiger partial charge >= 0.3 is 0 Å². The first-order chi connectivity index (χ1) is 8.07. The van der Waals surface area contributed by atoms with Crippen molar-refractivity contribution in [3.63, 3.8) is 0 Å². The molecule has 0 saturated heterocycles. The van der Waals surface area contributed by atoms with Crippen LogP contribution in [0.2, 0.25) is 5.02 Å². The van der Waals surface area contributed by atoms with E-state index in [1.165, 1.54) is 0 Å². The van der Waals surface area contributed by atoms with E-state index in [2.05, 4.69) is 5.32 Å². The molecule has 0 aliphatic rings. The Morgan fingerprint density at radius 3 is 2.44 bits per heavy atom. The normalized spacial score (nSPS) is 10.7. The van der Waals surface area contributed by atoms with E-state index < -0.39 is 5.41 Å². The predicted octanol–water partition coefficient (Wildman–Crippen LogP) is 3.47. The number of amides is 1. The molecule has 1 aromatic rings. The highest BCUT2D eigenvalue weighted by atomic mass is 35.5. The molecule has 1 amide bonds. The molecule has 0 heterocycles. The fourth-order valence-corrected chi connectivity index (χ4v) is 1.97. The summed E-state index contributed by atoms with van der Waals surface area (Å²) in [4.78, 5) is 12.2. The maximum Gasteiger partial charge on any atom is 0.231 e. The Bertz CT molecular complexity index is 384. The molecule has 0 unspecified atom stereocenters. The Morgan fingerprint density at radius 2 is 2.00 bits per heavy atom. The fourth-order valence-electron chi connectivity index (χ4n) is 1.78. The highest BCUT2D eigenvalue weighted by Gasteiger charge is 2.33. The standard InChI is InChI=1S/C13H19ClN2O.ClH/c1-3-13(4-2,9-15)12(17)16-11-7-5-6-10(14)8-11;/h5-8H,3-4,9,15H2,1-2H3,(H,16,17);1H. The zero-order valence-corrected chi connectivity index (χ0v) is 12.3. The number of carbonyl (C=O) groups excluding carboxylic acids is 1. The van der Waals surface area contributed by atoms with Crippen LogP contribution in [0.5, 0.6) is 0 Å². The molecule has 0 aliphatic carbocycles. The Kier molecular flexibility index (Phi) is 7.29. The lowest BCUT2D eigenvalue weighted by atomic mass is 9.81. The lowest BCUT2D eigenvalue weighted by Crippen LogP contribution is -2.41. The van der Waals surface area contributed by atoms with Gasteiger partial charge in [-0.25, -0.2) is 0 Å². The molecule has 5 heteroatoms. The van der Waals surface area contributed by atoms with E-state index >= 15 is 0 Å². The number of halogens is 2. The number of benzene rings is 1. The lowest BCUT2D eigenvalue weighted by molar-refractivity contribution is -0.125. The van der Waals surface area contributed by atoms with Gasteiger partial charge < -0.3 is 11.1 Å². The first-order valence-electron chi connectivity index (χ1n) is 5.85. The number of carbonyl (C=O) groups is 1. The number of anilines is 1. The summed E-state index contributed by atoms with van der Waals surface area (Å²) in [7, 11) is 0. The molecule has 0 fully saturated rings. The minimum atomic E-state index is -0.484. The number of hydrogen-bond donors (Lipinski definition) is 2. The van der Waals surface area contributed by atoms with Crippen molar-refractivity contribution in [1.29, 1.82) is 0 Å². The molecule has 0 radical (unpaired) electrons. The summed E-state index contributed by atoms with van der Waals surface area (Å²) in [6, 6.07) is 7.12. The number of nitrogens with two attached hydrogens (primary N) is 1. The Morgan fingerprint density at radius 1 is 1.39 bits per heavy atom. The van der Waals surface area contributed by atoms with Gasteiger partial charge in [0.1, 0.15) is 0 Å². The largest absolute Gasteiger partial charge is 0.329 e. The van der Waals surface area contributed by atoms with Gasteiger partial charge in [0.15, 0.2) is 0 Å². The van der Waals surface area contributed by atoms with Crippen molar-refractivity contribution in [2.75, 3.05) is 11.9 Å². The second kappa shape index (κ2) is 7.62. The Hall–Kier alpha value is -0.770. The van der Waals surface area contributed by atoms with Gasteiger partial charge in [0, 0.05) is 17.3 Å². The van der Waals surface area contributed by atoms with Crippen molar-refractivity contribution >= 4 is 35.6 Å². The summed E-state index contributed by atoms with van der Waals surface area (Å²) in [6.07, 6.45) is 1.46. The van der Waals surface area contributed by atoms with E-state index in [1.54, 1.807) is 18.2 Å². The van der Waals surface area contributed by atoms with Crippen molar-refractivity contribution in [2.45, 2.75) is 26.7 Å². The summed E-state index contributed by atoms with van der Waals surface area (Å²) in [5.74, 6) is -0.0349. The van der Waals surface area contributed by atoms with Gasteiger partial charge in [0.2, 0.25) is 5.91 Å². The molecule has 1 rings (SSSR count). The first-order valence-corrected chi connectivity index (χ1v) is 6.23. The molecular formula is C13H20Cl2N2O. The van der Waals surface area contributed by atoms with Crippen LogP contribution in [0, 0.1) is 5.41 Å². The van der Waals surface area contributed by atoms with Crippen LogP contribution in [-0.4, -0.2) is 12.5 Å².